The Bertz CT molecular complexity index is 48.9. The molecule has 0 fully saturated rings. The molecule has 1 nitrogen and oxygen atoms in total. The molecule has 0 bridgehead atoms. The quantitative estimate of drug-likeness (QED) is 0.297. The second-order valence-corrected chi connectivity index (χ2v) is 0.643. The van der Waals surface area contributed by atoms with Crippen LogP contribution in [0.25, 0.3) is 0 Å². The molecule has 0 N–H and O–H groups in total. The Hall–Kier alpha value is -0.395. The van der Waals surface area contributed by atoms with Crippen LogP contribution in [0.2, 0.25) is 0 Å². The standard InChI is InChI=1S/C3H6BN/c1-4-3-5-2/h3H,1H2,2H3. The van der Waals surface area contributed by atoms with Crippen LogP contribution in [0.4, 0.5) is 0 Å². The van der Waals surface area contributed by atoms with Gasteiger partial charge in [0.2, 0.25) is 0 Å². The van der Waals surface area contributed by atoms with E-state index in [-0.39, 0.29) is 0 Å². The first-order valence-corrected chi connectivity index (χ1v) is 1.45. The zero-order valence-corrected chi connectivity index (χ0v) is 3.31. The van der Waals surface area contributed by atoms with Gasteiger partial charge in [-0.05, 0) is 0 Å². The molecule has 5 heavy (non-hydrogen) atoms. The summed E-state index contributed by atoms with van der Waals surface area (Å²) in [6, 6.07) is 0. The molecule has 0 heterocycles. The van der Waals surface area contributed by atoms with E-state index in [4.69, 9.17) is 0 Å². The fraction of sp³-hybridized carbons (Fsp3) is 0.333. The van der Waals surface area contributed by atoms with Crippen molar-refractivity contribution in [2.45, 2.75) is 0 Å². The minimum absolute atomic E-state index is 1.64. The number of rotatable bonds is 1. The monoisotopic (exact) mass is 67.1 g/mol. The summed E-state index contributed by atoms with van der Waals surface area (Å²) in [5, 5.41) is 0. The van der Waals surface area contributed by atoms with E-state index in [1.54, 1.807) is 20.1 Å². The predicted octanol–water partition coefficient (Wildman–Crippen LogP) is -0.219. The van der Waals surface area contributed by atoms with Gasteiger partial charge in [-0.3, -0.25) is 0 Å². The summed E-state index contributed by atoms with van der Waals surface area (Å²) in [6.07, 6.45) is 1.64. The van der Waals surface area contributed by atoms with Crippen molar-refractivity contribution in [3.8, 4) is 0 Å². The minimum atomic E-state index is 1.64. The second-order valence-electron chi connectivity index (χ2n) is 0.643. The molecule has 0 aromatic carbocycles. The molecule has 0 aliphatic carbocycles. The summed E-state index contributed by atoms with van der Waals surface area (Å²) in [4.78, 5) is 3.61. The molecule has 26 valence electrons. The average molecular weight is 66.9 g/mol. The molecule has 0 amide bonds. The molecule has 0 aromatic rings. The normalized spacial score (nSPS) is 8.20. The SMILES string of the molecule is C=BC=NC. The zero-order chi connectivity index (χ0) is 4.12. The molecule has 0 unspecified atom stereocenters. The molecule has 0 saturated heterocycles. The van der Waals surface area contributed by atoms with Crippen LogP contribution in [0.15, 0.2) is 4.99 Å². The maximum atomic E-state index is 3.61. The van der Waals surface area contributed by atoms with Crippen molar-refractivity contribution in [2.75, 3.05) is 7.05 Å². The van der Waals surface area contributed by atoms with Gasteiger partial charge in [-0.2, -0.15) is 0 Å². The van der Waals surface area contributed by atoms with Gasteiger partial charge < -0.3 is 0 Å². The van der Waals surface area contributed by atoms with E-state index in [2.05, 4.69) is 11.5 Å². The Balaban J connectivity index is 2.92. The Kier molecular flexibility index (Phi) is 3.32. The van der Waals surface area contributed by atoms with Gasteiger partial charge in [0.1, 0.15) is 0 Å². The van der Waals surface area contributed by atoms with Crippen LogP contribution in [-0.4, -0.2) is 26.6 Å². The molecule has 0 rings (SSSR count). The van der Waals surface area contributed by atoms with E-state index in [1.165, 1.54) is 0 Å². The van der Waals surface area contributed by atoms with Crippen molar-refractivity contribution in [1.82, 2.24) is 0 Å². The average Bonchev–Trinajstić information content (AvgIpc) is 1.41. The predicted molar refractivity (Wildman–Crippen MR) is 27.3 cm³/mol. The first-order valence-electron chi connectivity index (χ1n) is 1.45. The summed E-state index contributed by atoms with van der Waals surface area (Å²) >= 11 is 0. The van der Waals surface area contributed by atoms with Crippen LogP contribution >= 0.6 is 0 Å². The first-order chi connectivity index (χ1) is 2.41. The summed E-state index contributed by atoms with van der Waals surface area (Å²) in [7, 11) is 1.71. The molecule has 2 heteroatoms. The second kappa shape index (κ2) is 3.60. The summed E-state index contributed by atoms with van der Waals surface area (Å²) in [5.74, 6) is 0. The van der Waals surface area contributed by atoms with Crippen molar-refractivity contribution >= 4 is 19.5 Å². The fourth-order valence-electron chi connectivity index (χ4n) is 0.105. The van der Waals surface area contributed by atoms with E-state index < -0.39 is 0 Å². The van der Waals surface area contributed by atoms with Gasteiger partial charge in [0.25, 0.3) is 0 Å². The van der Waals surface area contributed by atoms with Gasteiger partial charge in [-0.25, -0.2) is 0 Å². The third kappa shape index (κ3) is 3.60. The number of aliphatic imine (C=N–C) groups is 1. The third-order valence-corrected chi connectivity index (χ3v) is 0.254. The van der Waals surface area contributed by atoms with Crippen LogP contribution in [0, 0.1) is 0 Å². The summed E-state index contributed by atoms with van der Waals surface area (Å²) in [6.45, 7) is 5.04. The molecule has 0 atom stereocenters. The molecule has 0 aromatic heterocycles. The van der Waals surface area contributed by atoms with Crippen LogP contribution in [0.1, 0.15) is 0 Å². The molecular weight excluding hydrogens is 60.9 g/mol. The summed E-state index contributed by atoms with van der Waals surface area (Å²) in [5.41, 5.74) is 0. The fourth-order valence-corrected chi connectivity index (χ4v) is 0.105. The van der Waals surface area contributed by atoms with Crippen molar-refractivity contribution < 1.29 is 0 Å². The summed E-state index contributed by atoms with van der Waals surface area (Å²) < 4.78 is 0. The molecule has 0 spiro atoms. The van der Waals surface area contributed by atoms with Gasteiger partial charge in [0.05, 0.1) is 0 Å². The van der Waals surface area contributed by atoms with E-state index in [9.17, 15) is 0 Å². The van der Waals surface area contributed by atoms with E-state index >= 15 is 0 Å². The molecule has 0 radical (unpaired) electrons. The topological polar surface area (TPSA) is 12.4 Å². The molecular formula is C3H6BN. The van der Waals surface area contributed by atoms with Crippen molar-refractivity contribution in [3.63, 3.8) is 0 Å². The van der Waals surface area contributed by atoms with Crippen LogP contribution < -0.4 is 0 Å². The maximum absolute atomic E-state index is 3.61. The van der Waals surface area contributed by atoms with Crippen molar-refractivity contribution in [3.05, 3.63) is 0 Å². The van der Waals surface area contributed by atoms with E-state index in [0.717, 1.165) is 0 Å². The van der Waals surface area contributed by atoms with Gasteiger partial charge in [-0.15, -0.1) is 0 Å². The van der Waals surface area contributed by atoms with Crippen LogP contribution in [0.3, 0.4) is 0 Å². The van der Waals surface area contributed by atoms with E-state index in [0.29, 0.717) is 0 Å². The Morgan fingerprint density at radius 1 is 2.00 bits per heavy atom. The zero-order valence-electron chi connectivity index (χ0n) is 3.31. The van der Waals surface area contributed by atoms with Gasteiger partial charge in [0.15, 0.2) is 0 Å². The molecule has 0 saturated carbocycles. The van der Waals surface area contributed by atoms with Gasteiger partial charge >= 0.3 is 31.5 Å². The van der Waals surface area contributed by atoms with Crippen molar-refractivity contribution in [2.24, 2.45) is 4.99 Å². The van der Waals surface area contributed by atoms with E-state index in [1.807, 2.05) is 0 Å². The molecule has 0 aliphatic rings. The van der Waals surface area contributed by atoms with Crippen LogP contribution in [-0.2, 0) is 0 Å². The number of hydrogen-bond donors (Lipinski definition) is 0. The Morgan fingerprint density at radius 2 is 2.60 bits per heavy atom. The van der Waals surface area contributed by atoms with Crippen LogP contribution in [0.5, 0.6) is 0 Å². The third-order valence-electron chi connectivity index (χ3n) is 0.254. The van der Waals surface area contributed by atoms with Gasteiger partial charge in [0, 0.05) is 0 Å². The Morgan fingerprint density at radius 3 is 2.60 bits per heavy atom. The Labute approximate surface area is 32.6 Å². The number of nitrogens with zero attached hydrogens (tertiary/aromatic N) is 1. The van der Waals surface area contributed by atoms with Gasteiger partial charge in [-0.1, -0.05) is 0 Å². The number of hydrogen-bond acceptors (Lipinski definition) is 1. The van der Waals surface area contributed by atoms with Crippen molar-refractivity contribution in [1.29, 1.82) is 0 Å². The molecule has 0 aliphatic heterocycles. The first kappa shape index (κ1) is 4.60.